The fourth-order valence-electron chi connectivity index (χ4n) is 4.87. The second kappa shape index (κ2) is 15.1. The first kappa shape index (κ1) is 29.9. The van der Waals surface area contributed by atoms with Gasteiger partial charge in [-0.05, 0) is 35.7 Å². The van der Waals surface area contributed by atoms with E-state index in [1.807, 2.05) is 110 Å². The average Bonchev–Trinajstić information content (AvgIpc) is 3.12. The Morgan fingerprint density at radius 2 is 1.10 bits per heavy atom. The zero-order valence-corrected chi connectivity index (χ0v) is 23.7. The highest BCUT2D eigenvalue weighted by atomic mass is 16.7. The van der Waals surface area contributed by atoms with E-state index in [4.69, 9.17) is 23.7 Å². The first-order valence-electron chi connectivity index (χ1n) is 14.2. The molecule has 0 radical (unpaired) electrons. The van der Waals surface area contributed by atoms with Gasteiger partial charge >= 0.3 is 0 Å². The van der Waals surface area contributed by atoms with Crippen molar-refractivity contribution in [3.63, 3.8) is 0 Å². The summed E-state index contributed by atoms with van der Waals surface area (Å²) in [6.07, 6.45) is -6.46. The van der Waals surface area contributed by atoms with Gasteiger partial charge in [-0.25, -0.2) is 0 Å². The van der Waals surface area contributed by atoms with Crippen LogP contribution in [0, 0.1) is 6.92 Å². The maximum atomic E-state index is 11.5. The van der Waals surface area contributed by atoms with Crippen LogP contribution in [0.5, 0.6) is 5.75 Å². The summed E-state index contributed by atoms with van der Waals surface area (Å²) in [6.45, 7) is 2.92. The van der Waals surface area contributed by atoms with Gasteiger partial charge in [0.2, 0.25) is 6.29 Å². The molecule has 1 saturated heterocycles. The molecule has 0 amide bonds. The molecule has 4 aromatic carbocycles. The topological polar surface area (TPSA) is 86.6 Å². The van der Waals surface area contributed by atoms with Gasteiger partial charge in [0.05, 0.1) is 26.4 Å². The molecule has 5 rings (SSSR count). The smallest absolute Gasteiger partial charge is 0.229 e. The van der Waals surface area contributed by atoms with Crippen molar-refractivity contribution < 1.29 is 33.9 Å². The first-order chi connectivity index (χ1) is 20.6. The van der Waals surface area contributed by atoms with Crippen molar-refractivity contribution >= 4 is 0 Å². The molecule has 1 aliphatic heterocycles. The fraction of sp³-hybridized carbons (Fsp3) is 0.314. The predicted molar refractivity (Wildman–Crippen MR) is 159 cm³/mol. The third-order valence-corrected chi connectivity index (χ3v) is 7.20. The van der Waals surface area contributed by atoms with Crippen molar-refractivity contribution in [2.75, 3.05) is 6.61 Å². The van der Waals surface area contributed by atoms with Crippen LogP contribution in [0.25, 0.3) is 0 Å². The van der Waals surface area contributed by atoms with Gasteiger partial charge in [0, 0.05) is 0 Å². The molecule has 7 nitrogen and oxygen atoms in total. The molecule has 42 heavy (non-hydrogen) atoms. The Hall–Kier alpha value is -3.56. The first-order valence-corrected chi connectivity index (χ1v) is 14.2. The molecule has 0 aromatic heterocycles. The Morgan fingerprint density at radius 3 is 1.64 bits per heavy atom. The Bertz CT molecular complexity index is 1320. The van der Waals surface area contributed by atoms with Gasteiger partial charge in [-0.1, -0.05) is 109 Å². The molecular formula is C35H38O7. The quantitative estimate of drug-likeness (QED) is 0.242. The second-order valence-corrected chi connectivity index (χ2v) is 10.5. The van der Waals surface area contributed by atoms with E-state index in [-0.39, 0.29) is 19.8 Å². The molecule has 0 spiro atoms. The summed E-state index contributed by atoms with van der Waals surface area (Å²) in [6, 6.07) is 36.7. The van der Waals surface area contributed by atoms with Gasteiger partial charge in [0.1, 0.15) is 36.3 Å². The minimum atomic E-state index is -1.42. The van der Waals surface area contributed by atoms with Crippen molar-refractivity contribution in [3.8, 4) is 5.75 Å². The summed E-state index contributed by atoms with van der Waals surface area (Å²) in [5.74, 6) is 0.506. The largest absolute Gasteiger partial charge is 0.462 e. The lowest BCUT2D eigenvalue weighted by molar-refractivity contribution is -0.206. The van der Waals surface area contributed by atoms with Crippen molar-refractivity contribution in [2.45, 2.75) is 63.6 Å². The van der Waals surface area contributed by atoms with Crippen LogP contribution < -0.4 is 4.74 Å². The number of hydrogen-bond acceptors (Lipinski definition) is 7. The van der Waals surface area contributed by atoms with Crippen LogP contribution >= 0.6 is 0 Å². The minimum absolute atomic E-state index is 0.118. The van der Waals surface area contributed by atoms with Crippen LogP contribution in [0.3, 0.4) is 0 Å². The number of hydrogen-bond donors (Lipinski definition) is 2. The molecule has 0 aliphatic carbocycles. The van der Waals surface area contributed by atoms with Crippen molar-refractivity contribution in [1.29, 1.82) is 0 Å². The molecule has 1 aliphatic rings. The van der Waals surface area contributed by atoms with Gasteiger partial charge in [-0.2, -0.15) is 0 Å². The van der Waals surface area contributed by atoms with E-state index < -0.39 is 36.8 Å². The summed E-state index contributed by atoms with van der Waals surface area (Å²) in [7, 11) is 0. The highest BCUT2D eigenvalue weighted by molar-refractivity contribution is 5.26. The normalized spacial score (nSPS) is 24.2. The molecule has 2 N–H and O–H groups in total. The third kappa shape index (κ3) is 8.26. The average molecular weight is 571 g/mol. The van der Waals surface area contributed by atoms with E-state index in [1.165, 1.54) is 0 Å². The number of aliphatic hydroxyl groups is 2. The van der Waals surface area contributed by atoms with Gasteiger partial charge < -0.3 is 33.9 Å². The lowest BCUT2D eigenvalue weighted by Gasteiger charge is -2.33. The van der Waals surface area contributed by atoms with Crippen molar-refractivity contribution in [1.82, 2.24) is 0 Å². The Labute approximate surface area is 247 Å². The maximum absolute atomic E-state index is 11.5. The van der Waals surface area contributed by atoms with Crippen LogP contribution in [0.4, 0.5) is 0 Å². The molecule has 7 heteroatoms. The maximum Gasteiger partial charge on any atom is 0.229 e. The fourth-order valence-corrected chi connectivity index (χ4v) is 4.87. The van der Waals surface area contributed by atoms with E-state index in [9.17, 15) is 10.2 Å². The zero-order valence-electron chi connectivity index (χ0n) is 23.7. The zero-order chi connectivity index (χ0) is 29.1. The van der Waals surface area contributed by atoms with Crippen molar-refractivity contribution in [3.05, 3.63) is 138 Å². The monoisotopic (exact) mass is 570 g/mol. The Kier molecular flexibility index (Phi) is 10.7. The summed E-state index contributed by atoms with van der Waals surface area (Å²) in [5, 5.41) is 22.9. The van der Waals surface area contributed by atoms with Crippen LogP contribution in [0.2, 0.25) is 0 Å². The molecule has 6 atom stereocenters. The molecule has 1 heterocycles. The minimum Gasteiger partial charge on any atom is -0.462 e. The summed E-state index contributed by atoms with van der Waals surface area (Å²) >= 11 is 0. The van der Waals surface area contributed by atoms with Crippen LogP contribution in [0.1, 0.15) is 22.3 Å². The van der Waals surface area contributed by atoms with Crippen LogP contribution in [0.15, 0.2) is 115 Å². The van der Waals surface area contributed by atoms with E-state index in [2.05, 4.69) is 0 Å². The van der Waals surface area contributed by atoms with Gasteiger partial charge in [0.15, 0.2) is 0 Å². The molecule has 0 bridgehead atoms. The van der Waals surface area contributed by atoms with Gasteiger partial charge in [0.25, 0.3) is 0 Å². The van der Waals surface area contributed by atoms with E-state index in [0.717, 1.165) is 22.3 Å². The van der Waals surface area contributed by atoms with Gasteiger partial charge in [-0.15, -0.1) is 0 Å². The molecular weight excluding hydrogens is 532 g/mol. The van der Waals surface area contributed by atoms with Crippen LogP contribution in [-0.2, 0) is 38.8 Å². The standard InChI is InChI=1S/C35H38O7/c1-25-17-19-29(20-18-25)41-35-32(37)31(36)34(40-23-28-15-9-4-10-16-28)33(39-22-27-13-7-3-8-14-27)30(42-35)24-38-21-26-11-5-2-6-12-26/h2-20,30-37H,21-24H2,1H3/t30-,31?,32+,33-,34-,35-/m1/s1. The lowest BCUT2D eigenvalue weighted by atomic mass is 10.00. The van der Waals surface area contributed by atoms with Crippen LogP contribution in [-0.4, -0.2) is 53.6 Å². The number of aryl methyl sites for hydroxylation is 1. The highest BCUT2D eigenvalue weighted by Gasteiger charge is 2.48. The van der Waals surface area contributed by atoms with E-state index >= 15 is 0 Å². The van der Waals surface area contributed by atoms with E-state index in [1.54, 1.807) is 12.1 Å². The van der Waals surface area contributed by atoms with E-state index in [0.29, 0.717) is 12.4 Å². The number of aliphatic hydroxyl groups excluding tert-OH is 2. The number of ether oxygens (including phenoxy) is 5. The third-order valence-electron chi connectivity index (χ3n) is 7.20. The molecule has 4 aromatic rings. The van der Waals surface area contributed by atoms with Gasteiger partial charge in [-0.3, -0.25) is 0 Å². The number of benzene rings is 4. The Morgan fingerprint density at radius 1 is 0.595 bits per heavy atom. The molecule has 1 unspecified atom stereocenters. The number of rotatable bonds is 12. The molecule has 1 fully saturated rings. The summed E-state index contributed by atoms with van der Waals surface area (Å²) in [5.41, 5.74) is 3.96. The summed E-state index contributed by atoms with van der Waals surface area (Å²) in [4.78, 5) is 0. The van der Waals surface area contributed by atoms with Crippen molar-refractivity contribution in [2.24, 2.45) is 0 Å². The highest BCUT2D eigenvalue weighted by Crippen LogP contribution is 2.29. The summed E-state index contributed by atoms with van der Waals surface area (Å²) < 4.78 is 31.3. The molecule has 0 saturated carbocycles. The molecule has 220 valence electrons. The lowest BCUT2D eigenvalue weighted by Crippen LogP contribution is -2.50. The SMILES string of the molecule is Cc1ccc(O[C@@H]2O[C@H](COCc3ccccc3)[C@@H](OCc3ccccc3)[C@H](OCc3ccccc3)C(O)[C@@H]2O)cc1. The predicted octanol–water partition coefficient (Wildman–Crippen LogP) is 5.21. The Balaban J connectivity index is 1.42. The second-order valence-electron chi connectivity index (χ2n) is 10.5.